The fourth-order valence-corrected chi connectivity index (χ4v) is 2.40. The number of thiol groups is 1. The molecule has 3 amide bonds. The number of nitrogens with zero attached hydrogens (tertiary/aromatic N) is 1. The van der Waals surface area contributed by atoms with E-state index in [-0.39, 0.29) is 12.2 Å². The molecule has 0 spiro atoms. The van der Waals surface area contributed by atoms with Gasteiger partial charge in [-0.3, -0.25) is 14.4 Å². The normalized spacial score (nSPS) is 16.0. The first-order valence-corrected chi connectivity index (χ1v) is 9.35. The Labute approximate surface area is 172 Å². The first kappa shape index (κ1) is 24.4. The van der Waals surface area contributed by atoms with Crippen molar-refractivity contribution in [1.82, 2.24) is 25.9 Å². The molecule has 0 aliphatic rings. The van der Waals surface area contributed by atoms with E-state index in [9.17, 15) is 29.4 Å². The molecule has 0 aliphatic carbocycles. The molecule has 5 atom stereocenters. The second-order valence-electron chi connectivity index (χ2n) is 6.43. The van der Waals surface area contributed by atoms with Gasteiger partial charge in [-0.1, -0.05) is 0 Å². The number of aromatic amines is 1. The molecule has 29 heavy (non-hydrogen) atoms. The van der Waals surface area contributed by atoms with E-state index in [1.54, 1.807) is 0 Å². The lowest BCUT2D eigenvalue weighted by atomic mass is 10.1. The number of nitrogens with one attached hydrogen (secondary N) is 4. The third kappa shape index (κ3) is 7.71. The highest BCUT2D eigenvalue weighted by molar-refractivity contribution is 7.80. The van der Waals surface area contributed by atoms with E-state index in [2.05, 4.69) is 38.5 Å². The smallest absolute Gasteiger partial charge is 0.326 e. The quantitative estimate of drug-likeness (QED) is 0.171. The number of aliphatic hydroxyl groups is 1. The van der Waals surface area contributed by atoms with Gasteiger partial charge < -0.3 is 36.9 Å². The van der Waals surface area contributed by atoms with E-state index in [1.807, 2.05) is 0 Å². The van der Waals surface area contributed by atoms with Gasteiger partial charge in [0.2, 0.25) is 17.7 Å². The molecule has 8 N–H and O–H groups in total. The van der Waals surface area contributed by atoms with Crippen molar-refractivity contribution in [1.29, 1.82) is 0 Å². The molecule has 1 rings (SSSR count). The lowest BCUT2D eigenvalue weighted by Gasteiger charge is -2.24. The predicted octanol–water partition coefficient (Wildman–Crippen LogP) is -2.85. The summed E-state index contributed by atoms with van der Waals surface area (Å²) in [7, 11) is 0. The predicted molar refractivity (Wildman–Crippen MR) is 105 cm³/mol. The van der Waals surface area contributed by atoms with Gasteiger partial charge in [0.05, 0.1) is 18.5 Å². The molecule has 1 heterocycles. The van der Waals surface area contributed by atoms with Crippen molar-refractivity contribution < 1.29 is 29.4 Å². The van der Waals surface area contributed by atoms with E-state index in [4.69, 9.17) is 5.73 Å². The minimum atomic E-state index is -1.36. The number of imidazole rings is 1. The van der Waals surface area contributed by atoms with E-state index in [1.165, 1.54) is 26.4 Å². The Hall–Kier alpha value is -2.64. The summed E-state index contributed by atoms with van der Waals surface area (Å²) in [6, 6.07) is -4.72. The largest absolute Gasteiger partial charge is 0.480 e. The molecule has 0 aromatic carbocycles. The number of nitrogens with two attached hydrogens (primary N) is 1. The number of amides is 3. The number of aromatic nitrogens is 2. The summed E-state index contributed by atoms with van der Waals surface area (Å²) >= 11 is 3.89. The van der Waals surface area contributed by atoms with Crippen LogP contribution in [-0.4, -0.2) is 79.9 Å². The third-order valence-corrected chi connectivity index (χ3v) is 4.34. The molecule has 0 saturated carbocycles. The Morgan fingerprint density at radius 1 is 1.17 bits per heavy atom. The maximum atomic E-state index is 12.4. The molecule has 0 bridgehead atoms. The average Bonchev–Trinajstić information content (AvgIpc) is 3.16. The average molecular weight is 430 g/mol. The molecule has 1 aromatic heterocycles. The van der Waals surface area contributed by atoms with Gasteiger partial charge in [-0.2, -0.15) is 12.6 Å². The van der Waals surface area contributed by atoms with Crippen LogP contribution in [0.3, 0.4) is 0 Å². The summed E-state index contributed by atoms with van der Waals surface area (Å²) in [4.78, 5) is 54.4. The second-order valence-corrected chi connectivity index (χ2v) is 6.79. The van der Waals surface area contributed by atoms with Crippen molar-refractivity contribution in [2.45, 2.75) is 50.5 Å². The number of aliphatic carboxylic acids is 1. The van der Waals surface area contributed by atoms with Crippen LogP contribution in [0, 0.1) is 0 Å². The highest BCUT2D eigenvalue weighted by atomic mass is 32.1. The zero-order valence-electron chi connectivity index (χ0n) is 16.0. The SMILES string of the molecule is CC(NC(=O)C(NC(=O)C(N)CS)C(C)O)C(=O)NC(Cc1cnc[nH]1)C(=O)O. The monoisotopic (exact) mass is 430 g/mol. The third-order valence-electron chi connectivity index (χ3n) is 3.94. The molecular weight excluding hydrogens is 404 g/mol. The summed E-state index contributed by atoms with van der Waals surface area (Å²) in [5, 5.41) is 26.0. The first-order chi connectivity index (χ1) is 13.6. The van der Waals surface area contributed by atoms with Crippen molar-refractivity contribution in [2.75, 3.05) is 5.75 Å². The van der Waals surface area contributed by atoms with Gasteiger partial charge >= 0.3 is 5.97 Å². The summed E-state index contributed by atoms with van der Waals surface area (Å²) in [5.41, 5.74) is 6.03. The highest BCUT2D eigenvalue weighted by Gasteiger charge is 2.30. The standard InChI is InChI=1S/C16H26N6O6S/c1-7(13(24)21-11(16(27)28)3-9-4-18-6-19-9)20-15(26)12(8(2)23)22-14(25)10(17)5-29/h4,6-8,10-12,23,29H,3,5,17H2,1-2H3,(H,18,19)(H,20,26)(H,21,24)(H,22,25)(H,27,28). The van der Waals surface area contributed by atoms with Crippen molar-refractivity contribution >= 4 is 36.3 Å². The van der Waals surface area contributed by atoms with Crippen LogP contribution < -0.4 is 21.7 Å². The van der Waals surface area contributed by atoms with Gasteiger partial charge in [-0.05, 0) is 13.8 Å². The van der Waals surface area contributed by atoms with E-state index in [0.717, 1.165) is 0 Å². The fraction of sp³-hybridized carbons (Fsp3) is 0.562. The van der Waals surface area contributed by atoms with Gasteiger partial charge in [0.25, 0.3) is 0 Å². The van der Waals surface area contributed by atoms with Gasteiger partial charge in [0, 0.05) is 24.1 Å². The maximum Gasteiger partial charge on any atom is 0.326 e. The van der Waals surface area contributed by atoms with Gasteiger partial charge in [0.1, 0.15) is 18.1 Å². The van der Waals surface area contributed by atoms with Crippen molar-refractivity contribution in [3.8, 4) is 0 Å². The molecule has 0 saturated heterocycles. The molecule has 0 radical (unpaired) electrons. The number of carboxylic acid groups (broad SMARTS) is 1. The fourth-order valence-electron chi connectivity index (χ4n) is 2.23. The summed E-state index contributed by atoms with van der Waals surface area (Å²) in [5.74, 6) is -3.51. The lowest BCUT2D eigenvalue weighted by Crippen LogP contribution is -2.59. The Balaban J connectivity index is 2.71. The molecule has 162 valence electrons. The molecule has 5 unspecified atom stereocenters. The number of H-pyrrole nitrogens is 1. The minimum absolute atomic E-state index is 0.0320. The van der Waals surface area contributed by atoms with Crippen molar-refractivity contribution in [3.63, 3.8) is 0 Å². The number of carbonyl (C=O) groups excluding carboxylic acids is 3. The molecule has 13 heteroatoms. The molecule has 12 nitrogen and oxygen atoms in total. The Morgan fingerprint density at radius 3 is 2.31 bits per heavy atom. The summed E-state index contributed by atoms with van der Waals surface area (Å²) in [6.45, 7) is 2.62. The Bertz CT molecular complexity index is 713. The summed E-state index contributed by atoms with van der Waals surface area (Å²) in [6.07, 6.45) is 1.51. The lowest BCUT2D eigenvalue weighted by molar-refractivity contribution is -0.142. The first-order valence-electron chi connectivity index (χ1n) is 8.72. The number of carbonyl (C=O) groups is 4. The number of carboxylic acids is 1. The Kier molecular flexibility index (Phi) is 9.58. The van der Waals surface area contributed by atoms with Crippen LogP contribution in [0.2, 0.25) is 0 Å². The molecule has 0 aliphatic heterocycles. The summed E-state index contributed by atoms with van der Waals surface area (Å²) < 4.78 is 0. The minimum Gasteiger partial charge on any atom is -0.480 e. The molecule has 0 fully saturated rings. The zero-order chi connectivity index (χ0) is 22.1. The topological polar surface area (TPSA) is 200 Å². The second kappa shape index (κ2) is 11.4. The van der Waals surface area contributed by atoms with E-state index in [0.29, 0.717) is 5.69 Å². The van der Waals surface area contributed by atoms with Crippen LogP contribution in [0.4, 0.5) is 0 Å². The van der Waals surface area contributed by atoms with Gasteiger partial charge in [-0.15, -0.1) is 0 Å². The number of rotatable bonds is 11. The van der Waals surface area contributed by atoms with Crippen molar-refractivity contribution in [2.24, 2.45) is 5.73 Å². The van der Waals surface area contributed by atoms with Gasteiger partial charge in [0.15, 0.2) is 0 Å². The molecular formula is C16H26N6O6S. The van der Waals surface area contributed by atoms with E-state index >= 15 is 0 Å². The van der Waals surface area contributed by atoms with Crippen LogP contribution in [0.1, 0.15) is 19.5 Å². The van der Waals surface area contributed by atoms with Crippen LogP contribution in [0.15, 0.2) is 12.5 Å². The highest BCUT2D eigenvalue weighted by Crippen LogP contribution is 2.01. The van der Waals surface area contributed by atoms with Crippen LogP contribution >= 0.6 is 12.6 Å². The molecule has 1 aromatic rings. The van der Waals surface area contributed by atoms with Crippen LogP contribution in [0.5, 0.6) is 0 Å². The van der Waals surface area contributed by atoms with E-state index < -0.39 is 54.0 Å². The maximum absolute atomic E-state index is 12.4. The van der Waals surface area contributed by atoms with Gasteiger partial charge in [-0.25, -0.2) is 9.78 Å². The number of hydrogen-bond donors (Lipinski definition) is 8. The zero-order valence-corrected chi connectivity index (χ0v) is 16.8. The number of aliphatic hydroxyl groups excluding tert-OH is 1. The number of hydrogen-bond acceptors (Lipinski definition) is 8. The van der Waals surface area contributed by atoms with Crippen LogP contribution in [-0.2, 0) is 25.6 Å². The van der Waals surface area contributed by atoms with Crippen LogP contribution in [0.25, 0.3) is 0 Å². The Morgan fingerprint density at radius 2 is 1.83 bits per heavy atom. The van der Waals surface area contributed by atoms with Crippen molar-refractivity contribution in [3.05, 3.63) is 18.2 Å².